The maximum atomic E-state index is 12.1. The predicted octanol–water partition coefficient (Wildman–Crippen LogP) is 1.29. The van der Waals surface area contributed by atoms with E-state index in [0.29, 0.717) is 22.3 Å². The van der Waals surface area contributed by atoms with Crippen molar-refractivity contribution in [2.45, 2.75) is 17.4 Å². The van der Waals surface area contributed by atoms with Gasteiger partial charge in [-0.15, -0.1) is 0 Å². The number of hydrogen-bond acceptors (Lipinski definition) is 7. The Balaban J connectivity index is 1.35. The Morgan fingerprint density at radius 1 is 1.20 bits per heavy atom. The molecule has 2 aromatic rings. The Kier molecular flexibility index (Phi) is 7.38. The zero-order chi connectivity index (χ0) is 21.6. The first-order valence-electron chi connectivity index (χ1n) is 9.06. The number of aliphatic hydroxyl groups is 1. The summed E-state index contributed by atoms with van der Waals surface area (Å²) in [5, 5.41) is 12.8. The van der Waals surface area contributed by atoms with Crippen molar-refractivity contribution in [3.05, 3.63) is 47.5 Å². The SMILES string of the molecule is O=C(CCNS(=O)(=O)c1cccc(Cl)c1)NCC(O)COc1ccc2c(c1)OCO2. The number of fused-ring (bicyclic) bond motifs is 1. The van der Waals surface area contributed by atoms with E-state index in [1.54, 1.807) is 24.3 Å². The molecule has 9 nitrogen and oxygen atoms in total. The second-order valence-corrected chi connectivity index (χ2v) is 8.59. The molecule has 0 saturated carbocycles. The van der Waals surface area contributed by atoms with Crippen LogP contribution in [0.1, 0.15) is 6.42 Å². The highest BCUT2D eigenvalue weighted by Gasteiger charge is 2.16. The molecule has 3 rings (SSSR count). The first-order valence-corrected chi connectivity index (χ1v) is 10.9. The van der Waals surface area contributed by atoms with E-state index in [1.165, 1.54) is 18.2 Å². The first-order chi connectivity index (χ1) is 14.3. The summed E-state index contributed by atoms with van der Waals surface area (Å²) in [6.45, 7) is -0.0150. The van der Waals surface area contributed by atoms with Crippen LogP contribution in [0.5, 0.6) is 17.2 Å². The molecule has 11 heteroatoms. The largest absolute Gasteiger partial charge is 0.491 e. The van der Waals surface area contributed by atoms with Crippen LogP contribution in [0, 0.1) is 0 Å². The zero-order valence-corrected chi connectivity index (χ0v) is 17.4. The fourth-order valence-electron chi connectivity index (χ4n) is 2.55. The standard InChI is InChI=1S/C19H21ClN2O7S/c20-13-2-1-3-16(8-13)30(25,26)22-7-6-19(24)21-10-14(23)11-27-15-4-5-17-18(9-15)29-12-28-17/h1-5,8-9,14,22-23H,6-7,10-12H2,(H,21,24). The van der Waals surface area contributed by atoms with E-state index in [9.17, 15) is 18.3 Å². The molecule has 0 fully saturated rings. The van der Waals surface area contributed by atoms with Crippen molar-refractivity contribution in [2.75, 3.05) is 26.5 Å². The van der Waals surface area contributed by atoms with Crippen molar-refractivity contribution < 1.29 is 32.5 Å². The van der Waals surface area contributed by atoms with Crippen LogP contribution >= 0.6 is 11.6 Å². The monoisotopic (exact) mass is 456 g/mol. The van der Waals surface area contributed by atoms with E-state index in [0.717, 1.165) is 0 Å². The van der Waals surface area contributed by atoms with Crippen molar-refractivity contribution in [2.24, 2.45) is 0 Å². The van der Waals surface area contributed by atoms with Crippen LogP contribution in [0.4, 0.5) is 0 Å². The number of carbonyl (C=O) groups is 1. The van der Waals surface area contributed by atoms with E-state index in [4.69, 9.17) is 25.8 Å². The third-order valence-corrected chi connectivity index (χ3v) is 5.77. The van der Waals surface area contributed by atoms with E-state index >= 15 is 0 Å². The number of rotatable bonds is 10. The van der Waals surface area contributed by atoms with Gasteiger partial charge < -0.3 is 24.6 Å². The fourth-order valence-corrected chi connectivity index (χ4v) is 3.89. The third-order valence-electron chi connectivity index (χ3n) is 4.07. The molecular formula is C19H21ClN2O7S. The summed E-state index contributed by atoms with van der Waals surface area (Å²) in [6, 6.07) is 10.9. The molecule has 1 atom stereocenters. The maximum absolute atomic E-state index is 12.1. The summed E-state index contributed by atoms with van der Waals surface area (Å²) in [6.07, 6.45) is -1.03. The highest BCUT2D eigenvalue weighted by molar-refractivity contribution is 7.89. The van der Waals surface area contributed by atoms with E-state index in [2.05, 4.69) is 10.0 Å². The van der Waals surface area contributed by atoms with Gasteiger partial charge >= 0.3 is 0 Å². The molecule has 0 radical (unpaired) electrons. The number of halogens is 1. The lowest BCUT2D eigenvalue weighted by molar-refractivity contribution is -0.121. The molecule has 0 aromatic heterocycles. The summed E-state index contributed by atoms with van der Waals surface area (Å²) in [4.78, 5) is 11.9. The molecule has 1 amide bonds. The van der Waals surface area contributed by atoms with Crippen LogP contribution < -0.4 is 24.2 Å². The van der Waals surface area contributed by atoms with Gasteiger partial charge in [0.25, 0.3) is 0 Å². The molecule has 1 aliphatic heterocycles. The summed E-state index contributed by atoms with van der Waals surface area (Å²) >= 11 is 5.79. The average Bonchev–Trinajstić information content (AvgIpc) is 3.18. The van der Waals surface area contributed by atoms with Gasteiger partial charge in [-0.25, -0.2) is 13.1 Å². The average molecular weight is 457 g/mol. The molecule has 162 valence electrons. The second kappa shape index (κ2) is 9.98. The molecule has 0 saturated heterocycles. The van der Waals surface area contributed by atoms with Crippen LogP contribution in [0.2, 0.25) is 5.02 Å². The Morgan fingerprint density at radius 2 is 2.00 bits per heavy atom. The van der Waals surface area contributed by atoms with Crippen LogP contribution in [-0.4, -0.2) is 52.0 Å². The lowest BCUT2D eigenvalue weighted by Crippen LogP contribution is -2.37. The lowest BCUT2D eigenvalue weighted by Gasteiger charge is -2.14. The number of amides is 1. The van der Waals surface area contributed by atoms with Crippen molar-refractivity contribution in [1.29, 1.82) is 0 Å². The Bertz CT molecular complexity index is 1000. The topological polar surface area (TPSA) is 123 Å². The molecule has 0 spiro atoms. The molecule has 3 N–H and O–H groups in total. The quantitative estimate of drug-likeness (QED) is 0.492. The normalized spacial score (nSPS) is 13.7. The minimum atomic E-state index is -3.76. The molecule has 1 aliphatic rings. The zero-order valence-electron chi connectivity index (χ0n) is 15.8. The van der Waals surface area contributed by atoms with Gasteiger partial charge in [0.05, 0.1) is 4.90 Å². The number of aliphatic hydroxyl groups excluding tert-OH is 1. The molecule has 1 heterocycles. The number of sulfonamides is 1. The highest BCUT2D eigenvalue weighted by Crippen LogP contribution is 2.35. The van der Waals surface area contributed by atoms with E-state index < -0.39 is 22.0 Å². The molecule has 2 aromatic carbocycles. The van der Waals surface area contributed by atoms with Crippen LogP contribution in [-0.2, 0) is 14.8 Å². The van der Waals surface area contributed by atoms with Gasteiger partial charge in [-0.1, -0.05) is 17.7 Å². The number of nitrogens with one attached hydrogen (secondary N) is 2. The van der Waals surface area contributed by atoms with Gasteiger partial charge in [0.2, 0.25) is 22.7 Å². The van der Waals surface area contributed by atoms with Gasteiger partial charge in [0.1, 0.15) is 18.5 Å². The summed E-state index contributed by atoms with van der Waals surface area (Å²) in [7, 11) is -3.76. The molecular weight excluding hydrogens is 436 g/mol. The number of ether oxygens (including phenoxy) is 3. The number of carbonyl (C=O) groups excluding carboxylic acids is 1. The van der Waals surface area contributed by atoms with Gasteiger partial charge in [-0.2, -0.15) is 0 Å². The van der Waals surface area contributed by atoms with Gasteiger partial charge in [-0.05, 0) is 30.3 Å². The molecule has 30 heavy (non-hydrogen) atoms. The molecule has 0 bridgehead atoms. The second-order valence-electron chi connectivity index (χ2n) is 6.39. The van der Waals surface area contributed by atoms with Crippen molar-refractivity contribution in [1.82, 2.24) is 10.0 Å². The van der Waals surface area contributed by atoms with Gasteiger partial charge in [0, 0.05) is 30.6 Å². The number of hydrogen-bond donors (Lipinski definition) is 3. The minimum Gasteiger partial charge on any atom is -0.491 e. The van der Waals surface area contributed by atoms with Crippen molar-refractivity contribution in [3.63, 3.8) is 0 Å². The molecule has 1 unspecified atom stereocenters. The Labute approximate surface area is 178 Å². The van der Waals surface area contributed by atoms with Crippen LogP contribution in [0.25, 0.3) is 0 Å². The lowest BCUT2D eigenvalue weighted by atomic mass is 10.3. The molecule has 0 aliphatic carbocycles. The predicted molar refractivity (Wildman–Crippen MR) is 108 cm³/mol. The number of benzene rings is 2. The van der Waals surface area contributed by atoms with Crippen LogP contribution in [0.3, 0.4) is 0 Å². The summed E-state index contributed by atoms with van der Waals surface area (Å²) < 4.78 is 42.5. The van der Waals surface area contributed by atoms with Crippen molar-refractivity contribution in [3.8, 4) is 17.2 Å². The van der Waals surface area contributed by atoms with E-state index in [1.807, 2.05) is 0 Å². The summed E-state index contributed by atoms with van der Waals surface area (Å²) in [5.74, 6) is 1.28. The minimum absolute atomic E-state index is 0.0199. The van der Waals surface area contributed by atoms with E-state index in [-0.39, 0.29) is 37.8 Å². The fraction of sp³-hybridized carbons (Fsp3) is 0.316. The maximum Gasteiger partial charge on any atom is 0.240 e. The Morgan fingerprint density at radius 3 is 2.80 bits per heavy atom. The van der Waals surface area contributed by atoms with Gasteiger partial charge in [-0.3, -0.25) is 4.79 Å². The Hall–Kier alpha value is -2.53. The highest BCUT2D eigenvalue weighted by atomic mass is 35.5. The smallest absolute Gasteiger partial charge is 0.240 e. The van der Waals surface area contributed by atoms with Crippen LogP contribution in [0.15, 0.2) is 47.4 Å². The van der Waals surface area contributed by atoms with Gasteiger partial charge in [0.15, 0.2) is 11.5 Å². The summed E-state index contributed by atoms with van der Waals surface area (Å²) in [5.41, 5.74) is 0. The van der Waals surface area contributed by atoms with Crippen molar-refractivity contribution >= 4 is 27.5 Å². The third kappa shape index (κ3) is 6.23. The first kappa shape index (κ1) is 22.2.